The fourth-order valence-corrected chi connectivity index (χ4v) is 6.69. The summed E-state index contributed by atoms with van der Waals surface area (Å²) in [5, 5.41) is 0.795. The Balaban J connectivity index is 1.66. The monoisotopic (exact) mass is 513 g/mol. The molecule has 2 aliphatic carbocycles. The van der Waals surface area contributed by atoms with Gasteiger partial charge in [0.2, 0.25) is 0 Å². The Labute approximate surface area is 220 Å². The smallest absolute Gasteiger partial charge is 0.164 e. The molecule has 0 radical (unpaired) electrons. The average Bonchev–Trinajstić information content (AvgIpc) is 2.94. The molecule has 2 heterocycles. The number of pyridine rings is 1. The lowest BCUT2D eigenvalue weighted by Gasteiger charge is -2.50. The number of nitrogens with zero attached hydrogens (tertiary/aromatic N) is 3. The number of hydrogen-bond acceptors (Lipinski definition) is 5. The highest BCUT2D eigenvalue weighted by molar-refractivity contribution is 5.93. The van der Waals surface area contributed by atoms with E-state index in [1.807, 2.05) is 31.2 Å². The van der Waals surface area contributed by atoms with Crippen molar-refractivity contribution in [2.75, 3.05) is 7.11 Å². The van der Waals surface area contributed by atoms with Gasteiger partial charge in [0.25, 0.3) is 0 Å². The highest BCUT2D eigenvalue weighted by Gasteiger charge is 2.53. The molecule has 0 saturated heterocycles. The third-order valence-electron chi connectivity index (χ3n) is 8.61. The molecular weight excluding hydrogens is 484 g/mol. The van der Waals surface area contributed by atoms with Crippen LogP contribution >= 0.6 is 0 Å². The van der Waals surface area contributed by atoms with Crippen molar-refractivity contribution in [1.29, 1.82) is 0 Å². The molecule has 5 nitrogen and oxygen atoms in total. The molecule has 4 aromatic rings. The Kier molecular flexibility index (Phi) is 6.06. The van der Waals surface area contributed by atoms with E-state index in [-0.39, 0.29) is 29.1 Å². The number of para-hydroxylation sites is 1. The number of aromatic nitrogens is 3. The first kappa shape index (κ1) is 24.7. The summed E-state index contributed by atoms with van der Waals surface area (Å²) in [5.74, 6) is 0.0332. The van der Waals surface area contributed by atoms with Crippen LogP contribution in [0.25, 0.3) is 33.5 Å². The summed E-state index contributed by atoms with van der Waals surface area (Å²) in [7, 11) is 1.57. The van der Waals surface area contributed by atoms with Gasteiger partial charge in [-0.15, -0.1) is 0 Å². The molecule has 1 fully saturated rings. The molecule has 0 N–H and O–H groups in total. The molecule has 0 bridgehead atoms. The Bertz CT molecular complexity index is 1570. The van der Waals surface area contributed by atoms with Gasteiger partial charge in [-0.3, -0.25) is 4.79 Å². The zero-order valence-electron chi connectivity index (χ0n) is 21.7. The van der Waals surface area contributed by atoms with Crippen LogP contribution in [0.2, 0.25) is 0 Å². The Hall–Kier alpha value is -3.58. The van der Waals surface area contributed by atoms with Crippen LogP contribution in [0, 0.1) is 17.7 Å². The van der Waals surface area contributed by atoms with Gasteiger partial charge >= 0.3 is 0 Å². The fourth-order valence-electron chi connectivity index (χ4n) is 6.69. The predicted molar refractivity (Wildman–Crippen MR) is 142 cm³/mol. The lowest BCUT2D eigenvalue weighted by atomic mass is 9.55. The second kappa shape index (κ2) is 9.31. The summed E-state index contributed by atoms with van der Waals surface area (Å²) in [6.07, 6.45) is 1.38. The van der Waals surface area contributed by atoms with Crippen molar-refractivity contribution >= 4 is 16.7 Å². The molecule has 2 aliphatic rings. The van der Waals surface area contributed by atoms with Gasteiger partial charge in [0, 0.05) is 40.5 Å². The van der Waals surface area contributed by atoms with Crippen LogP contribution < -0.4 is 0 Å². The minimum absolute atomic E-state index is 0.0701. The molecule has 2 aromatic heterocycles. The van der Waals surface area contributed by atoms with Gasteiger partial charge in [-0.1, -0.05) is 44.2 Å². The van der Waals surface area contributed by atoms with Gasteiger partial charge < -0.3 is 4.74 Å². The summed E-state index contributed by atoms with van der Waals surface area (Å²) in [6.45, 7) is 3.40. The fraction of sp³-hybridized carbons (Fsp3) is 0.355. The van der Waals surface area contributed by atoms with Crippen LogP contribution in [0.1, 0.15) is 43.6 Å². The first-order chi connectivity index (χ1) is 18.4. The minimum atomic E-state index is -0.724. The summed E-state index contributed by atoms with van der Waals surface area (Å²) in [6, 6.07) is 15.8. The molecule has 0 aliphatic heterocycles. The number of ether oxygens (including phenoxy) is 1. The predicted octanol–water partition coefficient (Wildman–Crippen LogP) is 6.41. The Morgan fingerprint density at radius 2 is 1.82 bits per heavy atom. The number of carbonyl (C=O) groups excluding carboxylic acids is 1. The summed E-state index contributed by atoms with van der Waals surface area (Å²) in [4.78, 5) is 27.6. The van der Waals surface area contributed by atoms with Gasteiger partial charge in [0.1, 0.15) is 18.6 Å². The Morgan fingerprint density at radius 3 is 2.58 bits per heavy atom. The lowest BCUT2D eigenvalue weighted by molar-refractivity contribution is -0.143. The molecule has 6 rings (SSSR count). The zero-order valence-corrected chi connectivity index (χ0v) is 21.7. The first-order valence-corrected chi connectivity index (χ1v) is 13.0. The van der Waals surface area contributed by atoms with Crippen LogP contribution in [-0.2, 0) is 28.0 Å². The standard InChI is InChI=1S/C31H29F2N3O2/c1-17-23-13-12-21-27(20-9-4-6-10-24(20)33)35-30(36-29(21)31(23,2)15-26(38-3)28(17)37)22-14-18(16-32)34-25-11-7-5-8-19(22)25/h4-11,14,17,23,26H,12-13,15-16H2,1-3H3/t17-,23-,26?,31-/m1/s1. The van der Waals surface area contributed by atoms with Crippen molar-refractivity contribution in [1.82, 2.24) is 15.0 Å². The maximum absolute atomic E-state index is 15.2. The second-order valence-electron chi connectivity index (χ2n) is 10.7. The highest BCUT2D eigenvalue weighted by atomic mass is 19.1. The quantitative estimate of drug-likeness (QED) is 0.315. The lowest BCUT2D eigenvalue weighted by Crippen LogP contribution is -2.53. The highest BCUT2D eigenvalue weighted by Crippen LogP contribution is 2.52. The van der Waals surface area contributed by atoms with Crippen LogP contribution in [0.15, 0.2) is 54.6 Å². The number of Topliss-reactive ketones (excluding diaryl/α,β-unsaturated/α-hetero) is 1. The molecule has 4 atom stereocenters. The second-order valence-corrected chi connectivity index (χ2v) is 10.7. The molecule has 1 saturated carbocycles. The van der Waals surface area contributed by atoms with E-state index in [0.717, 1.165) is 23.1 Å². The van der Waals surface area contributed by atoms with Crippen molar-refractivity contribution in [2.24, 2.45) is 11.8 Å². The van der Waals surface area contributed by atoms with Crippen molar-refractivity contribution in [3.8, 4) is 22.6 Å². The third kappa shape index (κ3) is 3.75. The van der Waals surface area contributed by atoms with E-state index in [4.69, 9.17) is 14.7 Å². The molecule has 1 unspecified atom stereocenters. The van der Waals surface area contributed by atoms with E-state index >= 15 is 4.39 Å². The molecule has 0 spiro atoms. The van der Waals surface area contributed by atoms with Crippen molar-refractivity contribution < 1.29 is 18.3 Å². The SMILES string of the molecule is COC1C[C@@]2(C)c3nc(-c4cc(CF)nc5ccccc45)nc(-c4ccccc4F)c3CC[C@@H]2[C@@H](C)C1=O. The number of rotatable bonds is 4. The number of fused-ring (bicyclic) bond motifs is 4. The van der Waals surface area contributed by atoms with E-state index in [0.29, 0.717) is 41.0 Å². The molecule has 38 heavy (non-hydrogen) atoms. The summed E-state index contributed by atoms with van der Waals surface area (Å²) in [5.41, 5.74) is 3.77. The maximum atomic E-state index is 15.2. The minimum Gasteiger partial charge on any atom is -0.374 e. The van der Waals surface area contributed by atoms with E-state index in [1.54, 1.807) is 31.4 Å². The van der Waals surface area contributed by atoms with Gasteiger partial charge in [-0.25, -0.2) is 23.7 Å². The average molecular weight is 514 g/mol. The third-order valence-corrected chi connectivity index (χ3v) is 8.61. The Morgan fingerprint density at radius 1 is 1.05 bits per heavy atom. The van der Waals surface area contributed by atoms with Crippen molar-refractivity contribution in [2.45, 2.75) is 51.3 Å². The van der Waals surface area contributed by atoms with Crippen molar-refractivity contribution in [3.05, 3.63) is 77.4 Å². The first-order valence-electron chi connectivity index (χ1n) is 13.0. The maximum Gasteiger partial charge on any atom is 0.164 e. The summed E-state index contributed by atoms with van der Waals surface area (Å²) < 4.78 is 34.7. The summed E-state index contributed by atoms with van der Waals surface area (Å²) >= 11 is 0. The molecular formula is C31H29F2N3O2. The van der Waals surface area contributed by atoms with Gasteiger partial charge in [-0.2, -0.15) is 0 Å². The van der Waals surface area contributed by atoms with E-state index in [1.165, 1.54) is 6.07 Å². The van der Waals surface area contributed by atoms with Crippen molar-refractivity contribution in [3.63, 3.8) is 0 Å². The molecule has 7 heteroatoms. The van der Waals surface area contributed by atoms with Crippen LogP contribution in [-0.4, -0.2) is 33.9 Å². The number of hydrogen-bond donors (Lipinski definition) is 0. The van der Waals surface area contributed by atoms with E-state index in [2.05, 4.69) is 11.9 Å². The molecule has 2 aromatic carbocycles. The normalized spacial score (nSPS) is 24.8. The van der Waals surface area contributed by atoms with Gasteiger partial charge in [0.15, 0.2) is 11.6 Å². The van der Waals surface area contributed by atoms with Gasteiger partial charge in [-0.05, 0) is 49.4 Å². The van der Waals surface area contributed by atoms with Crippen LogP contribution in [0.4, 0.5) is 8.78 Å². The largest absolute Gasteiger partial charge is 0.374 e. The number of carbonyl (C=O) groups is 1. The molecule has 0 amide bonds. The van der Waals surface area contributed by atoms with Crippen LogP contribution in [0.5, 0.6) is 0 Å². The topological polar surface area (TPSA) is 65.0 Å². The number of benzene rings is 2. The number of alkyl halides is 1. The number of ketones is 1. The van der Waals surface area contributed by atoms with E-state index < -0.39 is 18.2 Å². The zero-order chi connectivity index (χ0) is 26.6. The molecule has 194 valence electrons. The van der Waals surface area contributed by atoms with Crippen LogP contribution in [0.3, 0.4) is 0 Å². The number of methoxy groups -OCH3 is 1. The van der Waals surface area contributed by atoms with Gasteiger partial charge in [0.05, 0.1) is 22.6 Å². The van der Waals surface area contributed by atoms with E-state index in [9.17, 15) is 9.18 Å². The number of halogens is 2.